The minimum absolute atomic E-state index is 0.0235. The molecule has 0 atom stereocenters. The summed E-state index contributed by atoms with van der Waals surface area (Å²) in [4.78, 5) is 26.8. The van der Waals surface area contributed by atoms with Gasteiger partial charge in [-0.15, -0.1) is 11.8 Å². The maximum absolute atomic E-state index is 12.8. The molecule has 4 nitrogen and oxygen atoms in total. The molecule has 1 saturated heterocycles. The first-order valence-electron chi connectivity index (χ1n) is 8.04. The lowest BCUT2D eigenvalue weighted by molar-refractivity contribution is -0.133. The van der Waals surface area contributed by atoms with Crippen molar-refractivity contribution in [2.75, 3.05) is 25.4 Å². The first-order valence-corrected chi connectivity index (χ1v) is 9.02. The monoisotopic (exact) mass is 338 g/mol. The summed E-state index contributed by atoms with van der Waals surface area (Å²) in [7, 11) is 0. The lowest BCUT2D eigenvalue weighted by Crippen LogP contribution is -2.43. The molecule has 1 aliphatic heterocycles. The Morgan fingerprint density at radius 3 is 2.52 bits per heavy atom. The zero-order chi connectivity index (χ0) is 16.7. The molecule has 0 unspecified atom stereocenters. The van der Waals surface area contributed by atoms with E-state index in [2.05, 4.69) is 5.32 Å². The average molecular weight is 338 g/mol. The molecule has 1 aliphatic rings. The first-order chi connectivity index (χ1) is 11.1. The molecule has 1 fully saturated rings. The van der Waals surface area contributed by atoms with Crippen LogP contribution in [0, 0.1) is 11.7 Å². The van der Waals surface area contributed by atoms with Gasteiger partial charge in [-0.1, -0.05) is 6.92 Å². The number of hydrogen-bond donors (Lipinski definition) is 1. The predicted molar refractivity (Wildman–Crippen MR) is 89.7 cm³/mol. The van der Waals surface area contributed by atoms with Crippen LogP contribution < -0.4 is 5.32 Å². The Balaban J connectivity index is 1.73. The number of halogens is 1. The largest absolute Gasteiger partial charge is 0.356 e. The molecule has 6 heteroatoms. The molecule has 1 aromatic rings. The number of likely N-dealkylation sites (tertiary alicyclic amines) is 1. The molecule has 1 N–H and O–H groups in total. The SMILES string of the molecule is CCCNC(=O)C1CCN(C(=O)CSc2ccc(F)cc2)CC1. The highest BCUT2D eigenvalue weighted by Gasteiger charge is 2.26. The molecular formula is C17H23FN2O2S. The van der Waals surface area contributed by atoms with E-state index in [-0.39, 0.29) is 23.5 Å². The predicted octanol–water partition coefficient (Wildman–Crippen LogP) is 2.68. The number of benzene rings is 1. The van der Waals surface area contributed by atoms with Gasteiger partial charge < -0.3 is 10.2 Å². The standard InChI is InChI=1S/C17H23FN2O2S/c1-2-9-19-17(22)13-7-10-20(11-8-13)16(21)12-23-15-5-3-14(18)4-6-15/h3-6,13H,2,7-12H2,1H3,(H,19,22). The third-order valence-corrected chi connectivity index (χ3v) is 4.94. The zero-order valence-electron chi connectivity index (χ0n) is 13.4. The highest BCUT2D eigenvalue weighted by atomic mass is 32.2. The summed E-state index contributed by atoms with van der Waals surface area (Å²) in [6.45, 7) is 4.01. The second-order valence-corrected chi connectivity index (χ2v) is 6.74. The van der Waals surface area contributed by atoms with Gasteiger partial charge in [-0.2, -0.15) is 0 Å². The number of carbonyl (C=O) groups excluding carboxylic acids is 2. The van der Waals surface area contributed by atoms with Crippen molar-refractivity contribution in [3.05, 3.63) is 30.1 Å². The van der Waals surface area contributed by atoms with Gasteiger partial charge in [0.25, 0.3) is 0 Å². The molecule has 0 aliphatic carbocycles. The van der Waals surface area contributed by atoms with Crippen LogP contribution in [-0.4, -0.2) is 42.1 Å². The Morgan fingerprint density at radius 2 is 1.91 bits per heavy atom. The van der Waals surface area contributed by atoms with Gasteiger partial charge in [-0.25, -0.2) is 4.39 Å². The Morgan fingerprint density at radius 1 is 1.26 bits per heavy atom. The van der Waals surface area contributed by atoms with E-state index < -0.39 is 0 Å². The molecule has 2 amide bonds. The third kappa shape index (κ3) is 5.53. The Bertz CT molecular complexity index is 528. The highest BCUT2D eigenvalue weighted by molar-refractivity contribution is 8.00. The summed E-state index contributed by atoms with van der Waals surface area (Å²) in [5.74, 6) is 0.282. The number of carbonyl (C=O) groups is 2. The topological polar surface area (TPSA) is 49.4 Å². The van der Waals surface area contributed by atoms with Crippen molar-refractivity contribution in [2.24, 2.45) is 5.92 Å². The Labute approximate surface area is 140 Å². The Hall–Kier alpha value is -1.56. The van der Waals surface area contributed by atoms with Crippen molar-refractivity contribution in [3.63, 3.8) is 0 Å². The smallest absolute Gasteiger partial charge is 0.232 e. The fourth-order valence-electron chi connectivity index (χ4n) is 2.55. The van der Waals surface area contributed by atoms with Crippen LogP contribution in [0.25, 0.3) is 0 Å². The van der Waals surface area contributed by atoms with Crippen LogP contribution >= 0.6 is 11.8 Å². The van der Waals surface area contributed by atoms with E-state index >= 15 is 0 Å². The number of thioether (sulfide) groups is 1. The van der Waals surface area contributed by atoms with Gasteiger partial charge in [0.05, 0.1) is 5.75 Å². The van der Waals surface area contributed by atoms with Crippen LogP contribution in [0.2, 0.25) is 0 Å². The lowest BCUT2D eigenvalue weighted by Gasteiger charge is -2.31. The number of nitrogens with zero attached hydrogens (tertiary/aromatic N) is 1. The van der Waals surface area contributed by atoms with E-state index in [4.69, 9.17) is 0 Å². The van der Waals surface area contributed by atoms with Gasteiger partial charge in [-0.3, -0.25) is 9.59 Å². The van der Waals surface area contributed by atoms with E-state index in [1.165, 1.54) is 23.9 Å². The first kappa shape index (κ1) is 17.8. The summed E-state index contributed by atoms with van der Waals surface area (Å²) in [5.41, 5.74) is 0. The summed E-state index contributed by atoms with van der Waals surface area (Å²) in [5, 5.41) is 2.92. The third-order valence-electron chi connectivity index (χ3n) is 3.94. The molecule has 0 spiro atoms. The van der Waals surface area contributed by atoms with Crippen molar-refractivity contribution >= 4 is 23.6 Å². The van der Waals surface area contributed by atoms with Gasteiger partial charge in [-0.05, 0) is 43.5 Å². The second kappa shape index (κ2) is 8.91. The molecule has 23 heavy (non-hydrogen) atoms. The average Bonchev–Trinajstić information content (AvgIpc) is 2.59. The van der Waals surface area contributed by atoms with Crippen molar-refractivity contribution in [1.82, 2.24) is 10.2 Å². The van der Waals surface area contributed by atoms with Crippen LogP contribution in [0.4, 0.5) is 4.39 Å². The summed E-state index contributed by atoms with van der Waals surface area (Å²) >= 11 is 1.41. The van der Waals surface area contributed by atoms with Gasteiger partial charge in [0, 0.05) is 30.4 Å². The molecule has 126 valence electrons. The molecule has 1 heterocycles. The van der Waals surface area contributed by atoms with E-state index in [0.717, 1.165) is 24.2 Å². The quantitative estimate of drug-likeness (QED) is 0.812. The van der Waals surface area contributed by atoms with Crippen molar-refractivity contribution in [1.29, 1.82) is 0 Å². The van der Waals surface area contributed by atoms with Gasteiger partial charge in [0.2, 0.25) is 11.8 Å². The van der Waals surface area contributed by atoms with Crippen LogP contribution in [0.5, 0.6) is 0 Å². The van der Waals surface area contributed by atoms with Gasteiger partial charge >= 0.3 is 0 Å². The van der Waals surface area contributed by atoms with Crippen molar-refractivity contribution in [2.45, 2.75) is 31.1 Å². The van der Waals surface area contributed by atoms with Crippen LogP contribution in [0.1, 0.15) is 26.2 Å². The summed E-state index contributed by atoms with van der Waals surface area (Å²) < 4.78 is 12.8. The fraction of sp³-hybridized carbons (Fsp3) is 0.529. The molecule has 0 aromatic heterocycles. The minimum Gasteiger partial charge on any atom is -0.356 e. The van der Waals surface area contributed by atoms with E-state index in [1.54, 1.807) is 12.1 Å². The minimum atomic E-state index is -0.274. The Kier molecular flexibility index (Phi) is 6.89. The van der Waals surface area contributed by atoms with E-state index in [1.807, 2.05) is 11.8 Å². The summed E-state index contributed by atoms with van der Waals surface area (Å²) in [6, 6.07) is 6.15. The highest BCUT2D eigenvalue weighted by Crippen LogP contribution is 2.21. The zero-order valence-corrected chi connectivity index (χ0v) is 14.2. The van der Waals surface area contributed by atoms with Gasteiger partial charge in [0.1, 0.15) is 5.82 Å². The maximum atomic E-state index is 12.8. The molecule has 1 aromatic carbocycles. The molecular weight excluding hydrogens is 315 g/mol. The number of rotatable bonds is 6. The van der Waals surface area contributed by atoms with Gasteiger partial charge in [0.15, 0.2) is 0 Å². The van der Waals surface area contributed by atoms with Crippen molar-refractivity contribution < 1.29 is 14.0 Å². The number of amides is 2. The van der Waals surface area contributed by atoms with Crippen LogP contribution in [0.15, 0.2) is 29.2 Å². The molecule has 0 bridgehead atoms. The van der Waals surface area contributed by atoms with Crippen LogP contribution in [-0.2, 0) is 9.59 Å². The second-order valence-electron chi connectivity index (χ2n) is 5.69. The number of hydrogen-bond acceptors (Lipinski definition) is 3. The number of nitrogens with one attached hydrogen (secondary N) is 1. The fourth-order valence-corrected chi connectivity index (χ4v) is 3.35. The number of piperidine rings is 1. The molecule has 0 radical (unpaired) electrons. The summed E-state index contributed by atoms with van der Waals surface area (Å²) in [6.07, 6.45) is 2.38. The lowest BCUT2D eigenvalue weighted by atomic mass is 9.96. The van der Waals surface area contributed by atoms with E-state index in [9.17, 15) is 14.0 Å². The molecule has 0 saturated carbocycles. The van der Waals surface area contributed by atoms with Crippen LogP contribution in [0.3, 0.4) is 0 Å². The maximum Gasteiger partial charge on any atom is 0.232 e. The van der Waals surface area contributed by atoms with E-state index in [0.29, 0.717) is 25.4 Å². The normalized spacial score (nSPS) is 15.5. The molecule has 2 rings (SSSR count). The van der Waals surface area contributed by atoms with Crippen molar-refractivity contribution in [3.8, 4) is 0 Å².